The Morgan fingerprint density at radius 3 is 2.47 bits per heavy atom. The number of benzene rings is 2. The van der Waals surface area contributed by atoms with Gasteiger partial charge in [0.15, 0.2) is 11.0 Å². The van der Waals surface area contributed by atoms with E-state index < -0.39 is 0 Å². The molecule has 0 saturated carbocycles. The van der Waals surface area contributed by atoms with E-state index in [1.165, 1.54) is 17.3 Å². The molecule has 32 heavy (non-hydrogen) atoms. The van der Waals surface area contributed by atoms with Gasteiger partial charge in [-0.1, -0.05) is 47.6 Å². The molecule has 0 fully saturated rings. The maximum atomic E-state index is 12.8. The molecule has 4 rings (SSSR count). The second-order valence-electron chi connectivity index (χ2n) is 7.32. The predicted octanol–water partition coefficient (Wildman–Crippen LogP) is 5.04. The Balaban J connectivity index is 1.56. The minimum absolute atomic E-state index is 0.0226. The van der Waals surface area contributed by atoms with Crippen LogP contribution in [0.25, 0.3) is 17.1 Å². The Morgan fingerprint density at radius 1 is 1.03 bits per heavy atom. The smallest absolute Gasteiger partial charge is 0.233 e. The maximum absolute atomic E-state index is 12.8. The Kier molecular flexibility index (Phi) is 6.87. The Morgan fingerprint density at radius 2 is 1.75 bits per heavy atom. The van der Waals surface area contributed by atoms with Gasteiger partial charge in [-0.25, -0.2) is 0 Å². The molecule has 2 heterocycles. The fourth-order valence-corrected chi connectivity index (χ4v) is 4.26. The summed E-state index contributed by atoms with van der Waals surface area (Å²) in [7, 11) is 1.82. The van der Waals surface area contributed by atoms with Crippen molar-refractivity contribution in [3.63, 3.8) is 0 Å². The number of thioether (sulfide) groups is 1. The molecule has 4 aromatic rings. The van der Waals surface area contributed by atoms with E-state index >= 15 is 0 Å². The van der Waals surface area contributed by atoms with Crippen molar-refractivity contribution in [2.24, 2.45) is 0 Å². The number of carbonyl (C=O) groups excluding carboxylic acids is 1. The highest BCUT2D eigenvalue weighted by Crippen LogP contribution is 2.28. The number of halogens is 1. The zero-order valence-electron chi connectivity index (χ0n) is 17.8. The van der Waals surface area contributed by atoms with Crippen molar-refractivity contribution in [3.8, 4) is 17.1 Å². The number of rotatable bonds is 7. The minimum atomic E-state index is 0.0226. The third-order valence-electron chi connectivity index (χ3n) is 5.08. The van der Waals surface area contributed by atoms with Crippen LogP contribution < -0.4 is 0 Å². The van der Waals surface area contributed by atoms with Gasteiger partial charge in [0.2, 0.25) is 5.91 Å². The van der Waals surface area contributed by atoms with Gasteiger partial charge in [0, 0.05) is 42.3 Å². The Hall–Kier alpha value is -3.16. The van der Waals surface area contributed by atoms with E-state index in [4.69, 9.17) is 11.6 Å². The number of hydrogen-bond acceptors (Lipinski definition) is 5. The normalized spacial score (nSPS) is 10.8. The van der Waals surface area contributed by atoms with Crippen LogP contribution in [0.4, 0.5) is 0 Å². The summed E-state index contributed by atoms with van der Waals surface area (Å²) >= 11 is 7.44. The van der Waals surface area contributed by atoms with Gasteiger partial charge in [-0.2, -0.15) is 0 Å². The molecule has 0 atom stereocenters. The second-order valence-corrected chi connectivity index (χ2v) is 8.70. The fraction of sp³-hybridized carbons (Fsp3) is 0.167. The molecule has 1 amide bonds. The number of pyridine rings is 1. The van der Waals surface area contributed by atoms with Crippen LogP contribution in [0, 0.1) is 6.92 Å². The summed E-state index contributed by atoms with van der Waals surface area (Å²) < 4.78 is 1.94. The van der Waals surface area contributed by atoms with Gasteiger partial charge in [-0.15, -0.1) is 10.2 Å². The third-order valence-corrected chi connectivity index (χ3v) is 6.24. The van der Waals surface area contributed by atoms with Crippen molar-refractivity contribution in [1.82, 2.24) is 24.6 Å². The number of amides is 1. The number of aromatic nitrogens is 4. The molecule has 0 saturated heterocycles. The molecule has 0 bridgehead atoms. The van der Waals surface area contributed by atoms with E-state index in [2.05, 4.69) is 28.2 Å². The molecule has 0 aliphatic carbocycles. The predicted molar refractivity (Wildman–Crippen MR) is 128 cm³/mol. The van der Waals surface area contributed by atoms with Crippen molar-refractivity contribution >= 4 is 29.3 Å². The van der Waals surface area contributed by atoms with Gasteiger partial charge in [0.1, 0.15) is 0 Å². The number of hydrogen-bond donors (Lipinski definition) is 0. The van der Waals surface area contributed by atoms with Crippen molar-refractivity contribution < 1.29 is 4.79 Å². The summed E-state index contributed by atoms with van der Waals surface area (Å²) in [6, 6.07) is 19.3. The fourth-order valence-electron chi connectivity index (χ4n) is 3.24. The molecule has 0 N–H and O–H groups in total. The zero-order valence-corrected chi connectivity index (χ0v) is 19.3. The number of nitrogens with zero attached hydrogens (tertiary/aromatic N) is 5. The number of carbonyl (C=O) groups is 1. The van der Waals surface area contributed by atoms with Crippen LogP contribution in [0.1, 0.15) is 11.1 Å². The van der Waals surface area contributed by atoms with Crippen LogP contribution in [0.5, 0.6) is 0 Å². The average Bonchev–Trinajstić information content (AvgIpc) is 3.24. The van der Waals surface area contributed by atoms with Crippen LogP contribution in [-0.2, 0) is 11.3 Å². The highest BCUT2D eigenvalue weighted by molar-refractivity contribution is 7.99. The zero-order chi connectivity index (χ0) is 22.5. The first-order valence-electron chi connectivity index (χ1n) is 10.1. The van der Waals surface area contributed by atoms with E-state index in [1.807, 2.05) is 66.2 Å². The molecule has 0 aliphatic rings. The summed E-state index contributed by atoms with van der Waals surface area (Å²) in [5, 5.41) is 10.0. The van der Waals surface area contributed by atoms with E-state index in [0.717, 1.165) is 16.8 Å². The molecule has 6 nitrogen and oxygen atoms in total. The van der Waals surface area contributed by atoms with Crippen LogP contribution in [0.15, 0.2) is 78.2 Å². The van der Waals surface area contributed by atoms with Crippen LogP contribution >= 0.6 is 23.4 Å². The SMILES string of the molecule is Cc1ccccc1CN(C)C(=O)CSc1nnc(-c2ccncc2)n1-c1ccc(Cl)cc1. The van der Waals surface area contributed by atoms with Crippen LogP contribution in [0.2, 0.25) is 5.02 Å². The summed E-state index contributed by atoms with van der Waals surface area (Å²) in [6.07, 6.45) is 3.43. The number of aryl methyl sites for hydroxylation is 1. The standard InChI is InChI=1S/C24H22ClN5OS/c1-17-5-3-4-6-19(17)15-29(2)22(31)16-32-24-28-27-23(18-11-13-26-14-12-18)30(24)21-9-7-20(25)8-10-21/h3-14H,15-16H2,1-2H3. The molecule has 0 radical (unpaired) electrons. The van der Waals surface area contributed by atoms with Crippen molar-refractivity contribution in [1.29, 1.82) is 0 Å². The molecule has 2 aromatic carbocycles. The molecular weight excluding hydrogens is 442 g/mol. The quantitative estimate of drug-likeness (QED) is 0.359. The first-order valence-corrected chi connectivity index (χ1v) is 11.4. The van der Waals surface area contributed by atoms with Gasteiger partial charge in [0.05, 0.1) is 5.75 Å². The Labute approximate surface area is 196 Å². The lowest BCUT2D eigenvalue weighted by molar-refractivity contribution is -0.127. The van der Waals surface area contributed by atoms with Gasteiger partial charge in [-0.3, -0.25) is 14.3 Å². The monoisotopic (exact) mass is 463 g/mol. The molecule has 8 heteroatoms. The highest BCUT2D eigenvalue weighted by atomic mass is 35.5. The second kappa shape index (κ2) is 9.97. The molecular formula is C24H22ClN5OS. The lowest BCUT2D eigenvalue weighted by Crippen LogP contribution is -2.28. The van der Waals surface area contributed by atoms with E-state index in [-0.39, 0.29) is 11.7 Å². The van der Waals surface area contributed by atoms with E-state index in [9.17, 15) is 4.79 Å². The van der Waals surface area contributed by atoms with E-state index in [1.54, 1.807) is 17.3 Å². The third kappa shape index (κ3) is 5.00. The summed E-state index contributed by atoms with van der Waals surface area (Å²) in [5.41, 5.74) is 4.06. The minimum Gasteiger partial charge on any atom is -0.341 e. The van der Waals surface area contributed by atoms with Crippen molar-refractivity contribution in [3.05, 3.63) is 89.2 Å². The summed E-state index contributed by atoms with van der Waals surface area (Å²) in [5.74, 6) is 0.956. The highest BCUT2D eigenvalue weighted by Gasteiger charge is 2.18. The van der Waals surface area contributed by atoms with Crippen LogP contribution in [0.3, 0.4) is 0 Å². The largest absolute Gasteiger partial charge is 0.341 e. The maximum Gasteiger partial charge on any atom is 0.233 e. The van der Waals surface area contributed by atoms with Gasteiger partial charge in [0.25, 0.3) is 0 Å². The van der Waals surface area contributed by atoms with Crippen molar-refractivity contribution in [2.45, 2.75) is 18.6 Å². The first-order chi connectivity index (χ1) is 15.5. The molecule has 0 spiro atoms. The average molecular weight is 464 g/mol. The first kappa shape index (κ1) is 22.0. The lowest BCUT2D eigenvalue weighted by Gasteiger charge is -2.18. The van der Waals surface area contributed by atoms with Gasteiger partial charge >= 0.3 is 0 Å². The molecule has 0 unspecified atom stereocenters. The molecule has 162 valence electrons. The van der Waals surface area contributed by atoms with Gasteiger partial charge < -0.3 is 4.90 Å². The lowest BCUT2D eigenvalue weighted by atomic mass is 10.1. The molecule has 2 aromatic heterocycles. The van der Waals surface area contributed by atoms with E-state index in [0.29, 0.717) is 22.5 Å². The van der Waals surface area contributed by atoms with Gasteiger partial charge in [-0.05, 0) is 54.4 Å². The Bertz CT molecular complexity index is 1210. The topological polar surface area (TPSA) is 63.9 Å². The summed E-state index contributed by atoms with van der Waals surface area (Å²) in [6.45, 7) is 2.62. The van der Waals surface area contributed by atoms with Crippen molar-refractivity contribution in [2.75, 3.05) is 12.8 Å². The molecule has 0 aliphatic heterocycles. The summed E-state index contributed by atoms with van der Waals surface area (Å²) in [4.78, 5) is 18.6. The van der Waals surface area contributed by atoms with Crippen LogP contribution in [-0.4, -0.2) is 43.4 Å².